The van der Waals surface area contributed by atoms with E-state index in [9.17, 15) is 4.79 Å². The second kappa shape index (κ2) is 11.0. The van der Waals surface area contributed by atoms with Crippen molar-refractivity contribution < 1.29 is 14.6 Å². The lowest BCUT2D eigenvalue weighted by Crippen LogP contribution is -2.35. The summed E-state index contributed by atoms with van der Waals surface area (Å²) in [6, 6.07) is 8.66. The van der Waals surface area contributed by atoms with Crippen molar-refractivity contribution in [1.82, 2.24) is 4.98 Å². The van der Waals surface area contributed by atoms with Crippen molar-refractivity contribution >= 4 is 34.8 Å². The predicted molar refractivity (Wildman–Crippen MR) is 124 cm³/mol. The minimum Gasteiger partial charge on any atom is -0.490 e. The summed E-state index contributed by atoms with van der Waals surface area (Å²) in [6.45, 7) is 0.529. The molecule has 0 unspecified atom stereocenters. The number of carbonyl (C=O) groups is 1. The summed E-state index contributed by atoms with van der Waals surface area (Å²) in [5.74, 6) is 0.184. The lowest BCUT2D eigenvalue weighted by atomic mass is 9.98. The molecule has 2 fully saturated rings. The average Bonchev–Trinajstić information content (AvgIpc) is 3.42. The van der Waals surface area contributed by atoms with Crippen LogP contribution in [0.4, 0.5) is 5.13 Å². The van der Waals surface area contributed by atoms with E-state index >= 15 is 0 Å². The number of carboxylic acid groups (broad SMARTS) is 1. The van der Waals surface area contributed by atoms with Crippen LogP contribution in [0.5, 0.6) is 5.75 Å². The van der Waals surface area contributed by atoms with Crippen LogP contribution in [0.3, 0.4) is 0 Å². The number of aliphatic carboxylic acids is 1. The Morgan fingerprint density at radius 3 is 2.40 bits per heavy atom. The Morgan fingerprint density at radius 2 is 1.73 bits per heavy atom. The van der Waals surface area contributed by atoms with Crippen molar-refractivity contribution in [2.24, 2.45) is 0 Å². The van der Waals surface area contributed by atoms with Gasteiger partial charge in [0.25, 0.3) is 0 Å². The highest BCUT2D eigenvalue weighted by Gasteiger charge is 2.25. The van der Waals surface area contributed by atoms with E-state index in [0.29, 0.717) is 18.7 Å². The van der Waals surface area contributed by atoms with Crippen molar-refractivity contribution in [1.29, 1.82) is 0 Å². The second-order valence-electron chi connectivity index (χ2n) is 8.19. The number of ether oxygens (including phenoxy) is 1. The van der Waals surface area contributed by atoms with E-state index in [1.54, 1.807) is 11.3 Å². The number of benzene rings is 1. The van der Waals surface area contributed by atoms with Gasteiger partial charge in [-0.05, 0) is 62.8 Å². The zero-order chi connectivity index (χ0) is 20.1. The molecule has 2 saturated carbocycles. The van der Waals surface area contributed by atoms with E-state index in [1.165, 1.54) is 32.1 Å². The first-order valence-electron chi connectivity index (χ1n) is 10.9. The molecule has 0 atom stereocenters. The highest BCUT2D eigenvalue weighted by Crippen LogP contribution is 2.34. The first-order chi connectivity index (χ1) is 14.2. The normalized spacial score (nSPS) is 17.5. The molecule has 7 heteroatoms. The summed E-state index contributed by atoms with van der Waals surface area (Å²) in [5.41, 5.74) is 2.03. The van der Waals surface area contributed by atoms with Gasteiger partial charge in [0.15, 0.2) is 5.13 Å². The Kier molecular flexibility index (Phi) is 8.40. The van der Waals surface area contributed by atoms with E-state index in [2.05, 4.69) is 22.4 Å². The smallest absolute Gasteiger partial charge is 0.305 e. The molecule has 1 aromatic heterocycles. The summed E-state index contributed by atoms with van der Waals surface area (Å²) in [5, 5.41) is 12.1. The standard InChI is InChI=1S/C23H30N2O3S.ClH/c26-22(27)14-15-25(18-6-4-5-7-18)23-24-21(16-29-23)17-10-12-20(13-11-17)28-19-8-2-1-3-9-19;/h10-13,16,18-19H,1-9,14-15H2,(H,26,27);1H. The zero-order valence-electron chi connectivity index (χ0n) is 17.3. The molecule has 164 valence electrons. The maximum atomic E-state index is 11.1. The van der Waals surface area contributed by atoms with Gasteiger partial charge < -0.3 is 14.7 Å². The van der Waals surface area contributed by atoms with Crippen LogP contribution in [0, 0.1) is 0 Å². The highest BCUT2D eigenvalue weighted by molar-refractivity contribution is 7.14. The Morgan fingerprint density at radius 1 is 1.07 bits per heavy atom. The molecule has 0 spiro atoms. The van der Waals surface area contributed by atoms with E-state index in [0.717, 1.165) is 47.8 Å². The maximum absolute atomic E-state index is 11.1. The highest BCUT2D eigenvalue weighted by atomic mass is 35.5. The van der Waals surface area contributed by atoms with Crippen molar-refractivity contribution in [3.63, 3.8) is 0 Å². The van der Waals surface area contributed by atoms with Crippen LogP contribution in [0.2, 0.25) is 0 Å². The lowest BCUT2D eigenvalue weighted by molar-refractivity contribution is -0.136. The van der Waals surface area contributed by atoms with Gasteiger partial charge in [0, 0.05) is 23.5 Å². The number of carboxylic acids is 1. The number of hydrogen-bond donors (Lipinski definition) is 1. The van der Waals surface area contributed by atoms with Gasteiger partial charge in [-0.1, -0.05) is 19.3 Å². The van der Waals surface area contributed by atoms with Crippen molar-refractivity contribution in [2.75, 3.05) is 11.4 Å². The molecular weight excluding hydrogens is 420 g/mol. The molecular formula is C23H31ClN2O3S. The lowest BCUT2D eigenvalue weighted by Gasteiger charge is -2.28. The molecule has 0 radical (unpaired) electrons. The van der Waals surface area contributed by atoms with Crippen LogP contribution in [0.15, 0.2) is 29.6 Å². The molecule has 0 saturated heterocycles. The van der Waals surface area contributed by atoms with Crippen molar-refractivity contribution in [3.8, 4) is 17.0 Å². The zero-order valence-corrected chi connectivity index (χ0v) is 18.9. The topological polar surface area (TPSA) is 62.7 Å². The van der Waals surface area contributed by atoms with Gasteiger partial charge in [-0.3, -0.25) is 4.79 Å². The predicted octanol–water partition coefficient (Wildman–Crippen LogP) is 6.17. The number of rotatable bonds is 8. The number of aromatic nitrogens is 1. The second-order valence-corrected chi connectivity index (χ2v) is 9.03. The third-order valence-electron chi connectivity index (χ3n) is 6.07. The largest absolute Gasteiger partial charge is 0.490 e. The SMILES string of the molecule is Cl.O=C(O)CCN(c1nc(-c2ccc(OC3CCCCC3)cc2)cs1)C1CCCC1. The third-order valence-corrected chi connectivity index (χ3v) is 6.95. The van der Waals surface area contributed by atoms with Gasteiger partial charge in [0.2, 0.25) is 0 Å². The van der Waals surface area contributed by atoms with Gasteiger partial charge in [-0.25, -0.2) is 4.98 Å². The maximum Gasteiger partial charge on any atom is 0.305 e. The van der Waals surface area contributed by atoms with Crippen LogP contribution in [-0.4, -0.2) is 34.8 Å². The molecule has 5 nitrogen and oxygen atoms in total. The summed E-state index contributed by atoms with van der Waals surface area (Å²) in [6.07, 6.45) is 11.4. The summed E-state index contributed by atoms with van der Waals surface area (Å²) < 4.78 is 6.13. The molecule has 1 heterocycles. The van der Waals surface area contributed by atoms with Gasteiger partial charge in [-0.15, -0.1) is 23.7 Å². The average molecular weight is 451 g/mol. The number of hydrogen-bond acceptors (Lipinski definition) is 5. The molecule has 2 aromatic rings. The van der Waals surface area contributed by atoms with Crippen LogP contribution in [0.1, 0.15) is 64.2 Å². The molecule has 0 bridgehead atoms. The fraction of sp³-hybridized carbons (Fsp3) is 0.565. The van der Waals surface area contributed by atoms with Crippen molar-refractivity contribution in [3.05, 3.63) is 29.6 Å². The van der Waals surface area contributed by atoms with Gasteiger partial charge in [0.05, 0.1) is 18.2 Å². The molecule has 0 amide bonds. The summed E-state index contributed by atoms with van der Waals surface area (Å²) >= 11 is 1.61. The van der Waals surface area contributed by atoms with Crippen LogP contribution in [-0.2, 0) is 4.79 Å². The van der Waals surface area contributed by atoms with Crippen molar-refractivity contribution in [2.45, 2.75) is 76.4 Å². The molecule has 1 aromatic carbocycles. The van der Waals surface area contributed by atoms with E-state index in [-0.39, 0.29) is 18.8 Å². The van der Waals surface area contributed by atoms with Gasteiger partial charge in [-0.2, -0.15) is 0 Å². The number of nitrogens with zero attached hydrogens (tertiary/aromatic N) is 2. The summed E-state index contributed by atoms with van der Waals surface area (Å²) in [4.78, 5) is 18.2. The minimum atomic E-state index is -0.752. The molecule has 4 rings (SSSR count). The van der Waals surface area contributed by atoms with Crippen LogP contribution in [0.25, 0.3) is 11.3 Å². The molecule has 2 aliphatic rings. The van der Waals surface area contributed by atoms with E-state index in [4.69, 9.17) is 14.8 Å². The first kappa shape index (κ1) is 22.9. The molecule has 0 aliphatic heterocycles. The molecule has 30 heavy (non-hydrogen) atoms. The number of anilines is 1. The van der Waals surface area contributed by atoms with Crippen LogP contribution < -0.4 is 9.64 Å². The summed E-state index contributed by atoms with van der Waals surface area (Å²) in [7, 11) is 0. The fourth-order valence-corrected chi connectivity index (χ4v) is 5.41. The quantitative estimate of drug-likeness (QED) is 0.521. The Hall–Kier alpha value is -1.79. The van der Waals surface area contributed by atoms with Crippen LogP contribution >= 0.6 is 23.7 Å². The van der Waals surface area contributed by atoms with Gasteiger partial charge in [0.1, 0.15) is 5.75 Å². The Balaban J connectivity index is 0.00000256. The Labute approximate surface area is 188 Å². The first-order valence-corrected chi connectivity index (χ1v) is 11.8. The minimum absolute atomic E-state index is 0. The van der Waals surface area contributed by atoms with E-state index < -0.39 is 5.97 Å². The van der Waals surface area contributed by atoms with E-state index in [1.807, 2.05) is 12.1 Å². The Bertz CT molecular complexity index is 799. The molecule has 1 N–H and O–H groups in total. The molecule has 2 aliphatic carbocycles. The third kappa shape index (κ3) is 5.88. The fourth-order valence-electron chi connectivity index (χ4n) is 4.47. The monoisotopic (exact) mass is 450 g/mol. The number of halogens is 1. The number of thiazole rings is 1. The van der Waals surface area contributed by atoms with Gasteiger partial charge >= 0.3 is 5.97 Å².